The van der Waals surface area contributed by atoms with Gasteiger partial charge in [-0.05, 0) is 42.3 Å². The molecule has 3 rings (SSSR count). The molecule has 1 atom stereocenters. The van der Waals surface area contributed by atoms with Crippen molar-refractivity contribution in [2.75, 3.05) is 20.2 Å². The minimum atomic E-state index is -0.368. The molecule has 0 unspecified atom stereocenters. The third kappa shape index (κ3) is 4.02. The van der Waals surface area contributed by atoms with Crippen molar-refractivity contribution in [3.8, 4) is 5.75 Å². The molecule has 2 amide bonds. The van der Waals surface area contributed by atoms with Crippen LogP contribution in [0.15, 0.2) is 41.8 Å². The van der Waals surface area contributed by atoms with Crippen LogP contribution in [-0.2, 0) is 11.2 Å². The normalized spacial score (nSPS) is 16.7. The molecular formula is C19H22N2O3S. The number of ether oxygens (including phenoxy) is 1. The highest BCUT2D eigenvalue weighted by Gasteiger charge is 2.34. The molecule has 1 aliphatic heterocycles. The molecule has 1 N–H and O–H groups in total. The molecule has 1 saturated heterocycles. The van der Waals surface area contributed by atoms with E-state index in [1.807, 2.05) is 41.8 Å². The van der Waals surface area contributed by atoms with E-state index in [1.165, 1.54) is 11.3 Å². The smallest absolute Gasteiger partial charge is 0.264 e. The maximum absolute atomic E-state index is 12.5. The van der Waals surface area contributed by atoms with Gasteiger partial charge in [0, 0.05) is 13.1 Å². The van der Waals surface area contributed by atoms with Crippen LogP contribution in [0.4, 0.5) is 0 Å². The fourth-order valence-corrected chi connectivity index (χ4v) is 3.85. The second kappa shape index (κ2) is 8.16. The number of nitrogens with one attached hydrogen (secondary N) is 1. The zero-order chi connectivity index (χ0) is 17.6. The minimum Gasteiger partial charge on any atom is -0.496 e. The summed E-state index contributed by atoms with van der Waals surface area (Å²) in [5.74, 6) is 0.710. The van der Waals surface area contributed by atoms with Crippen LogP contribution in [0.2, 0.25) is 0 Å². The van der Waals surface area contributed by atoms with Crippen molar-refractivity contribution in [2.24, 2.45) is 0 Å². The number of hydrogen-bond acceptors (Lipinski definition) is 4. The molecule has 25 heavy (non-hydrogen) atoms. The summed E-state index contributed by atoms with van der Waals surface area (Å²) in [7, 11) is 1.64. The first-order valence-corrected chi connectivity index (χ1v) is 9.32. The first kappa shape index (κ1) is 17.5. The minimum absolute atomic E-state index is 0.0441. The first-order chi connectivity index (χ1) is 12.2. The van der Waals surface area contributed by atoms with Crippen molar-refractivity contribution >= 4 is 23.2 Å². The van der Waals surface area contributed by atoms with Gasteiger partial charge in [-0.3, -0.25) is 9.59 Å². The van der Waals surface area contributed by atoms with Crippen LogP contribution in [0, 0.1) is 0 Å². The van der Waals surface area contributed by atoms with Gasteiger partial charge in [0.1, 0.15) is 11.8 Å². The van der Waals surface area contributed by atoms with Gasteiger partial charge in [-0.15, -0.1) is 11.3 Å². The van der Waals surface area contributed by atoms with E-state index in [0.29, 0.717) is 24.4 Å². The van der Waals surface area contributed by atoms with Gasteiger partial charge in [0.15, 0.2) is 0 Å². The predicted molar refractivity (Wildman–Crippen MR) is 98.1 cm³/mol. The molecule has 5 nitrogen and oxygen atoms in total. The lowest BCUT2D eigenvalue weighted by Crippen LogP contribution is -2.46. The van der Waals surface area contributed by atoms with Crippen LogP contribution in [0.25, 0.3) is 0 Å². The number of carbonyl (C=O) groups excluding carboxylic acids is 2. The molecule has 2 heterocycles. The highest BCUT2D eigenvalue weighted by Crippen LogP contribution is 2.22. The number of nitrogens with zero attached hydrogens (tertiary/aromatic N) is 1. The number of likely N-dealkylation sites (tertiary alicyclic amines) is 1. The van der Waals surface area contributed by atoms with E-state index in [4.69, 9.17) is 4.74 Å². The monoisotopic (exact) mass is 358 g/mol. The molecule has 0 saturated carbocycles. The number of thiophene rings is 1. The second-order valence-corrected chi connectivity index (χ2v) is 6.93. The van der Waals surface area contributed by atoms with Gasteiger partial charge in [0.05, 0.1) is 12.0 Å². The summed E-state index contributed by atoms with van der Waals surface area (Å²) in [6.45, 7) is 1.16. The average Bonchev–Trinajstić information content (AvgIpc) is 3.33. The average molecular weight is 358 g/mol. The Morgan fingerprint density at radius 3 is 2.88 bits per heavy atom. The predicted octanol–water partition coefficient (Wildman–Crippen LogP) is 2.72. The maximum Gasteiger partial charge on any atom is 0.264 e. The third-order valence-corrected chi connectivity index (χ3v) is 5.29. The SMILES string of the molecule is COc1ccccc1CCNC(=O)[C@@H]1CCCN1C(=O)c1cccs1. The molecule has 1 aromatic heterocycles. The van der Waals surface area contributed by atoms with E-state index < -0.39 is 0 Å². The number of carbonyl (C=O) groups is 2. The van der Waals surface area contributed by atoms with Gasteiger partial charge in [-0.1, -0.05) is 24.3 Å². The lowest BCUT2D eigenvalue weighted by molar-refractivity contribution is -0.124. The van der Waals surface area contributed by atoms with Crippen LogP contribution in [0.3, 0.4) is 0 Å². The van der Waals surface area contributed by atoms with Crippen LogP contribution < -0.4 is 10.1 Å². The maximum atomic E-state index is 12.5. The Bertz CT molecular complexity index is 730. The summed E-state index contributed by atoms with van der Waals surface area (Å²) in [4.78, 5) is 27.5. The van der Waals surface area contributed by atoms with Crippen molar-refractivity contribution in [3.05, 3.63) is 52.2 Å². The Balaban J connectivity index is 1.56. The van der Waals surface area contributed by atoms with Crippen molar-refractivity contribution in [2.45, 2.75) is 25.3 Å². The molecule has 0 aliphatic carbocycles. The van der Waals surface area contributed by atoms with E-state index in [2.05, 4.69) is 5.32 Å². The first-order valence-electron chi connectivity index (χ1n) is 8.45. The number of benzene rings is 1. The lowest BCUT2D eigenvalue weighted by atomic mass is 10.1. The summed E-state index contributed by atoms with van der Waals surface area (Å²) < 4.78 is 5.33. The zero-order valence-electron chi connectivity index (χ0n) is 14.2. The van der Waals surface area contributed by atoms with Crippen LogP contribution in [0.1, 0.15) is 28.1 Å². The van der Waals surface area contributed by atoms with Crippen molar-refractivity contribution < 1.29 is 14.3 Å². The molecule has 2 aromatic rings. The standard InChI is InChI=1S/C19H22N2O3S/c1-24-16-8-3-2-6-14(16)10-11-20-18(22)15-7-4-12-21(15)19(23)17-9-5-13-25-17/h2-3,5-6,8-9,13,15H,4,7,10-12H2,1H3,(H,20,22)/t15-/m0/s1. The molecular weight excluding hydrogens is 336 g/mol. The van der Waals surface area contributed by atoms with E-state index in [1.54, 1.807) is 12.0 Å². The number of methoxy groups -OCH3 is 1. The summed E-state index contributed by atoms with van der Waals surface area (Å²) >= 11 is 1.41. The van der Waals surface area contributed by atoms with Crippen molar-refractivity contribution in [3.63, 3.8) is 0 Å². The van der Waals surface area contributed by atoms with Gasteiger partial charge in [-0.2, -0.15) is 0 Å². The molecule has 1 aliphatic rings. The number of rotatable bonds is 6. The summed E-state index contributed by atoms with van der Waals surface area (Å²) in [5, 5.41) is 4.85. The van der Waals surface area contributed by atoms with E-state index in [0.717, 1.165) is 24.2 Å². The Kier molecular flexibility index (Phi) is 5.71. The Morgan fingerprint density at radius 2 is 2.12 bits per heavy atom. The Labute approximate surface area is 151 Å². The Hall–Kier alpha value is -2.34. The quantitative estimate of drug-likeness (QED) is 0.864. The highest BCUT2D eigenvalue weighted by atomic mass is 32.1. The van der Waals surface area contributed by atoms with Crippen molar-refractivity contribution in [1.82, 2.24) is 10.2 Å². The summed E-state index contributed by atoms with van der Waals surface area (Å²) in [6.07, 6.45) is 2.28. The largest absolute Gasteiger partial charge is 0.496 e. The zero-order valence-corrected chi connectivity index (χ0v) is 15.1. The number of hydrogen-bond donors (Lipinski definition) is 1. The van der Waals surface area contributed by atoms with Gasteiger partial charge >= 0.3 is 0 Å². The molecule has 0 radical (unpaired) electrons. The summed E-state index contributed by atoms with van der Waals surface area (Å²) in [5.41, 5.74) is 1.06. The van der Waals surface area contributed by atoms with Gasteiger partial charge < -0.3 is 15.0 Å². The van der Waals surface area contributed by atoms with Crippen LogP contribution in [0.5, 0.6) is 5.75 Å². The number of amides is 2. The molecule has 0 bridgehead atoms. The van der Waals surface area contributed by atoms with Gasteiger partial charge in [0.25, 0.3) is 5.91 Å². The lowest BCUT2D eigenvalue weighted by Gasteiger charge is -2.23. The number of para-hydroxylation sites is 1. The third-order valence-electron chi connectivity index (χ3n) is 4.43. The fourth-order valence-electron chi connectivity index (χ4n) is 3.17. The van der Waals surface area contributed by atoms with E-state index >= 15 is 0 Å². The van der Waals surface area contributed by atoms with E-state index in [-0.39, 0.29) is 17.9 Å². The van der Waals surface area contributed by atoms with Gasteiger partial charge in [-0.25, -0.2) is 0 Å². The fraction of sp³-hybridized carbons (Fsp3) is 0.368. The second-order valence-electron chi connectivity index (χ2n) is 5.99. The molecule has 6 heteroatoms. The molecule has 132 valence electrons. The van der Waals surface area contributed by atoms with E-state index in [9.17, 15) is 9.59 Å². The summed E-state index contributed by atoms with van der Waals surface area (Å²) in [6, 6.07) is 11.1. The van der Waals surface area contributed by atoms with Crippen molar-refractivity contribution in [1.29, 1.82) is 0 Å². The molecule has 0 spiro atoms. The van der Waals surface area contributed by atoms with Crippen LogP contribution >= 0.6 is 11.3 Å². The molecule has 1 aromatic carbocycles. The van der Waals surface area contributed by atoms with Crippen LogP contribution in [-0.4, -0.2) is 43.0 Å². The highest BCUT2D eigenvalue weighted by molar-refractivity contribution is 7.12. The van der Waals surface area contributed by atoms with Gasteiger partial charge in [0.2, 0.25) is 5.91 Å². The Morgan fingerprint density at radius 1 is 1.28 bits per heavy atom. The molecule has 1 fully saturated rings. The topological polar surface area (TPSA) is 58.6 Å².